The molecule has 7 N–H and O–H groups in total. The van der Waals surface area contributed by atoms with Gasteiger partial charge >= 0.3 is 11.9 Å². The summed E-state index contributed by atoms with van der Waals surface area (Å²) >= 11 is 0. The first-order chi connectivity index (χ1) is 18.3. The smallest absolute Gasteiger partial charge is 0.326 e. The number of nitrogens with zero attached hydrogens (tertiary/aromatic N) is 1. The molecule has 0 aliphatic carbocycles. The minimum atomic E-state index is -1.31. The number of hydrogen-bond donors (Lipinski definition) is 7. The lowest BCUT2D eigenvalue weighted by Crippen LogP contribution is -2.41. The second-order valence-electron chi connectivity index (χ2n) is 10.2. The molecule has 13 nitrogen and oxygen atoms in total. The van der Waals surface area contributed by atoms with Crippen LogP contribution < -0.4 is 21.5 Å². The minimum absolute atomic E-state index is 0.0638. The number of hydrogen-bond acceptors (Lipinski definition) is 7. The molecule has 208 valence electrons. The number of aliphatic carboxylic acids is 2. The number of rotatable bonds is 11. The van der Waals surface area contributed by atoms with Crippen LogP contribution in [-0.4, -0.2) is 55.0 Å². The predicted molar refractivity (Wildman–Crippen MR) is 142 cm³/mol. The molecule has 2 amide bonds. The number of anilines is 1. The van der Waals surface area contributed by atoms with Gasteiger partial charge in [-0.25, -0.2) is 4.79 Å². The molecule has 0 saturated carbocycles. The number of aromatic nitrogens is 3. The molecule has 0 spiro atoms. The predicted octanol–water partition coefficient (Wildman–Crippen LogP) is 1.88. The molecule has 13 heteroatoms. The van der Waals surface area contributed by atoms with Crippen molar-refractivity contribution in [1.82, 2.24) is 25.6 Å². The van der Waals surface area contributed by atoms with Crippen molar-refractivity contribution in [3.63, 3.8) is 0 Å². The maximum absolute atomic E-state index is 12.8. The number of carbonyl (C=O) groups excluding carboxylic acids is 2. The normalized spacial score (nSPS) is 12.2. The van der Waals surface area contributed by atoms with Crippen LogP contribution >= 0.6 is 0 Å². The average Bonchev–Trinajstić information content (AvgIpc) is 3.16. The zero-order valence-corrected chi connectivity index (χ0v) is 22.1. The average molecular weight is 541 g/mol. The van der Waals surface area contributed by atoms with Crippen LogP contribution in [0.2, 0.25) is 0 Å². The lowest BCUT2D eigenvalue weighted by molar-refractivity contribution is -0.140. The van der Waals surface area contributed by atoms with E-state index < -0.39 is 29.3 Å². The molecular weight excluding hydrogens is 508 g/mol. The molecule has 39 heavy (non-hydrogen) atoms. The molecule has 3 aromatic rings. The molecular formula is C26H32N6O7. The number of H-pyrrole nitrogens is 2. The molecule has 0 aliphatic rings. The summed E-state index contributed by atoms with van der Waals surface area (Å²) in [5, 5.41) is 26.6. The molecule has 2 aromatic heterocycles. The highest BCUT2D eigenvalue weighted by molar-refractivity contribution is 5.96. The van der Waals surface area contributed by atoms with Gasteiger partial charge in [0.15, 0.2) is 0 Å². The molecule has 0 unspecified atom stereocenters. The van der Waals surface area contributed by atoms with Gasteiger partial charge in [0.1, 0.15) is 11.7 Å². The Bertz CT molecular complexity index is 1450. The number of amides is 2. The third-order valence-electron chi connectivity index (χ3n) is 5.99. The third kappa shape index (κ3) is 7.51. The van der Waals surface area contributed by atoms with Crippen LogP contribution in [0.5, 0.6) is 0 Å². The maximum atomic E-state index is 12.8. The number of nitrogens with one attached hydrogen (secondary N) is 5. The van der Waals surface area contributed by atoms with Gasteiger partial charge in [0, 0.05) is 41.7 Å². The van der Waals surface area contributed by atoms with E-state index in [1.807, 2.05) is 6.92 Å². The molecule has 2 heterocycles. The van der Waals surface area contributed by atoms with E-state index in [1.165, 1.54) is 0 Å². The van der Waals surface area contributed by atoms with Crippen LogP contribution in [0.1, 0.15) is 60.8 Å². The summed E-state index contributed by atoms with van der Waals surface area (Å²) in [5.41, 5.74) is 1.87. The van der Waals surface area contributed by atoms with Gasteiger partial charge in [0.05, 0.1) is 5.39 Å². The Kier molecular flexibility index (Phi) is 8.86. The standard InChI is InChI=1S/C26H32N6O7/c1-13-16(19-20(28-13)30-25(31-22(19)36)32-24(39)26(2,3)4)12-27-11-14-5-7-15(8-6-14)21(35)29-17(23(37)38)9-10-18(33)34/h5-8,17,27H,9-12H2,1-4H3,(H,29,35)(H,33,34)(H,37,38)(H3,28,30,31,32,36,39)/t17-/m0/s1. The van der Waals surface area contributed by atoms with Crippen molar-refractivity contribution in [2.24, 2.45) is 5.41 Å². The summed E-state index contributed by atoms with van der Waals surface area (Å²) in [6, 6.07) is 5.19. The monoisotopic (exact) mass is 540 g/mol. The lowest BCUT2D eigenvalue weighted by atomic mass is 9.96. The summed E-state index contributed by atoms with van der Waals surface area (Å²) < 4.78 is 0. The Morgan fingerprint density at radius 1 is 1.03 bits per heavy atom. The van der Waals surface area contributed by atoms with Crippen molar-refractivity contribution >= 4 is 40.7 Å². The fourth-order valence-electron chi connectivity index (χ4n) is 3.73. The van der Waals surface area contributed by atoms with E-state index in [0.717, 1.165) is 16.8 Å². The van der Waals surface area contributed by atoms with Crippen molar-refractivity contribution in [3.8, 4) is 0 Å². The van der Waals surface area contributed by atoms with E-state index in [0.29, 0.717) is 24.1 Å². The zero-order chi connectivity index (χ0) is 28.9. The first-order valence-electron chi connectivity index (χ1n) is 12.2. The minimum Gasteiger partial charge on any atom is -0.481 e. The maximum Gasteiger partial charge on any atom is 0.326 e. The summed E-state index contributed by atoms with van der Waals surface area (Å²) in [5.74, 6) is -3.29. The van der Waals surface area contributed by atoms with E-state index in [1.54, 1.807) is 45.0 Å². The molecule has 1 aromatic carbocycles. The van der Waals surface area contributed by atoms with Gasteiger partial charge in [0.2, 0.25) is 11.9 Å². The summed E-state index contributed by atoms with van der Waals surface area (Å²) in [6.45, 7) is 7.84. The number of benzene rings is 1. The van der Waals surface area contributed by atoms with E-state index in [2.05, 4.69) is 30.9 Å². The second kappa shape index (κ2) is 11.9. The van der Waals surface area contributed by atoms with Gasteiger partial charge in [-0.15, -0.1) is 0 Å². The van der Waals surface area contributed by atoms with Crippen molar-refractivity contribution in [1.29, 1.82) is 0 Å². The van der Waals surface area contributed by atoms with Gasteiger partial charge in [-0.1, -0.05) is 32.9 Å². The first kappa shape index (κ1) is 29.0. The number of aryl methyl sites for hydroxylation is 1. The largest absolute Gasteiger partial charge is 0.481 e. The quantitative estimate of drug-likeness (QED) is 0.189. The molecule has 0 aliphatic heterocycles. The number of fused-ring (bicyclic) bond motifs is 1. The highest BCUT2D eigenvalue weighted by Crippen LogP contribution is 2.20. The van der Waals surface area contributed by atoms with Crippen LogP contribution in [0, 0.1) is 12.3 Å². The summed E-state index contributed by atoms with van der Waals surface area (Å²) in [4.78, 5) is 69.5. The van der Waals surface area contributed by atoms with Crippen LogP contribution in [0.15, 0.2) is 29.1 Å². The van der Waals surface area contributed by atoms with Gasteiger partial charge in [-0.2, -0.15) is 4.98 Å². The Morgan fingerprint density at radius 2 is 1.69 bits per heavy atom. The van der Waals surface area contributed by atoms with Crippen molar-refractivity contribution < 1.29 is 29.4 Å². The van der Waals surface area contributed by atoms with E-state index in [4.69, 9.17) is 5.11 Å². The Labute approximate surface area is 223 Å². The third-order valence-corrected chi connectivity index (χ3v) is 5.99. The Hall–Kier alpha value is -4.52. The zero-order valence-electron chi connectivity index (χ0n) is 22.1. The fraction of sp³-hybridized carbons (Fsp3) is 0.385. The first-order valence-corrected chi connectivity index (χ1v) is 12.2. The Morgan fingerprint density at radius 3 is 2.28 bits per heavy atom. The van der Waals surface area contributed by atoms with E-state index >= 15 is 0 Å². The number of carboxylic acid groups (broad SMARTS) is 2. The molecule has 0 radical (unpaired) electrons. The van der Waals surface area contributed by atoms with Crippen LogP contribution in [0.25, 0.3) is 11.0 Å². The molecule has 0 bridgehead atoms. The van der Waals surface area contributed by atoms with Crippen molar-refractivity contribution in [2.45, 2.75) is 59.7 Å². The summed E-state index contributed by atoms with van der Waals surface area (Å²) in [7, 11) is 0. The molecule has 1 atom stereocenters. The highest BCUT2D eigenvalue weighted by atomic mass is 16.4. The summed E-state index contributed by atoms with van der Waals surface area (Å²) in [6.07, 6.45) is -0.606. The molecule has 0 fully saturated rings. The number of aromatic amines is 2. The van der Waals surface area contributed by atoms with Crippen molar-refractivity contribution in [2.75, 3.05) is 5.32 Å². The van der Waals surface area contributed by atoms with E-state index in [-0.39, 0.29) is 35.8 Å². The SMILES string of the molecule is Cc1[nH]c2nc(NC(=O)C(C)(C)C)[nH]c(=O)c2c1CNCc1ccc(C(=O)N[C@@H](CCC(=O)O)C(=O)O)cc1. The van der Waals surface area contributed by atoms with Gasteiger partial charge in [-0.3, -0.25) is 29.5 Å². The molecule has 0 saturated heterocycles. The second-order valence-corrected chi connectivity index (χ2v) is 10.2. The van der Waals surface area contributed by atoms with E-state index in [9.17, 15) is 29.1 Å². The lowest BCUT2D eigenvalue weighted by Gasteiger charge is -2.16. The molecule has 3 rings (SSSR count). The van der Waals surface area contributed by atoms with Crippen molar-refractivity contribution in [3.05, 3.63) is 57.0 Å². The fourth-order valence-corrected chi connectivity index (χ4v) is 3.73. The highest BCUT2D eigenvalue weighted by Gasteiger charge is 2.23. The van der Waals surface area contributed by atoms with Gasteiger partial charge < -0.3 is 25.8 Å². The van der Waals surface area contributed by atoms with Gasteiger partial charge in [-0.05, 0) is 31.0 Å². The van der Waals surface area contributed by atoms with Crippen LogP contribution in [0.3, 0.4) is 0 Å². The van der Waals surface area contributed by atoms with Crippen LogP contribution in [-0.2, 0) is 27.5 Å². The van der Waals surface area contributed by atoms with Gasteiger partial charge in [0.25, 0.3) is 11.5 Å². The number of carbonyl (C=O) groups is 4. The number of carboxylic acids is 2. The Balaban J connectivity index is 1.63. The topological polar surface area (TPSA) is 206 Å². The van der Waals surface area contributed by atoms with Crippen LogP contribution in [0.4, 0.5) is 5.95 Å².